The second-order valence-electron chi connectivity index (χ2n) is 10.6. The first-order valence-corrected chi connectivity index (χ1v) is 16.0. The van der Waals surface area contributed by atoms with Gasteiger partial charge in [-0.2, -0.15) is 0 Å². The topological polar surface area (TPSA) is 0 Å². The normalized spacial score (nSPS) is 11.1. The zero-order valence-corrected chi connectivity index (χ0v) is 25.3. The molecule has 0 bridgehead atoms. The number of hydrogen-bond acceptors (Lipinski definition) is 2. The van der Waals surface area contributed by atoms with Crippen LogP contribution in [0.2, 0.25) is 0 Å². The third-order valence-electron chi connectivity index (χ3n) is 7.93. The highest BCUT2D eigenvalue weighted by atomic mass is 32.1. The molecular weight excluding hydrogens is 545 g/mol. The Balaban J connectivity index is 1.83. The molecule has 0 aliphatic carbocycles. The first-order valence-electron chi connectivity index (χ1n) is 14.3. The minimum atomic E-state index is 1.22. The lowest BCUT2D eigenvalue weighted by molar-refractivity contribution is 1.49. The van der Waals surface area contributed by atoms with Gasteiger partial charge in [0.2, 0.25) is 0 Å². The van der Waals surface area contributed by atoms with Crippen LogP contribution in [0.4, 0.5) is 0 Å². The molecule has 2 aromatic heterocycles. The summed E-state index contributed by atoms with van der Waals surface area (Å²) in [6, 6.07) is 48.4. The monoisotopic (exact) mass is 574 g/mol. The molecule has 0 aliphatic rings. The highest BCUT2D eigenvalue weighted by molar-refractivity contribution is 7.15. The second-order valence-corrected chi connectivity index (χ2v) is 12.4. The maximum atomic E-state index is 2.27. The van der Waals surface area contributed by atoms with Crippen LogP contribution in [-0.2, 0) is 0 Å². The van der Waals surface area contributed by atoms with E-state index in [2.05, 4.69) is 158 Å². The molecule has 202 valence electrons. The Morgan fingerprint density at radius 2 is 0.571 bits per heavy atom. The van der Waals surface area contributed by atoms with Crippen LogP contribution in [0.3, 0.4) is 0 Å². The van der Waals surface area contributed by atoms with E-state index in [1.807, 2.05) is 22.7 Å². The number of aryl methyl sites for hydroxylation is 2. The van der Waals surface area contributed by atoms with Crippen LogP contribution in [-0.4, -0.2) is 0 Å². The summed E-state index contributed by atoms with van der Waals surface area (Å²) < 4.78 is 0. The molecule has 7 rings (SSSR count). The van der Waals surface area contributed by atoms with E-state index in [4.69, 9.17) is 0 Å². The smallest absolute Gasteiger partial charge is 0.0385 e. The van der Waals surface area contributed by atoms with Crippen molar-refractivity contribution in [3.8, 4) is 65.4 Å². The molecule has 7 aromatic rings. The van der Waals surface area contributed by atoms with E-state index in [9.17, 15) is 0 Å². The number of hydrogen-bond donors (Lipinski definition) is 0. The van der Waals surface area contributed by atoms with Gasteiger partial charge < -0.3 is 0 Å². The highest BCUT2D eigenvalue weighted by Crippen LogP contribution is 2.57. The van der Waals surface area contributed by atoms with Crippen LogP contribution >= 0.6 is 22.7 Å². The van der Waals surface area contributed by atoms with Crippen molar-refractivity contribution in [1.29, 1.82) is 0 Å². The fourth-order valence-electron chi connectivity index (χ4n) is 6.04. The molecule has 2 heteroatoms. The van der Waals surface area contributed by atoms with Gasteiger partial charge in [-0.05, 0) is 92.4 Å². The van der Waals surface area contributed by atoms with Crippen LogP contribution in [0.25, 0.3) is 65.4 Å². The SMILES string of the molecule is Cc1ccsc1-c1c(-c2ccccc2)c(-c2ccccc2)c(-c2ccccc2)c(-c2ccccc2)c1-c1sccc1C. The molecule has 0 radical (unpaired) electrons. The molecule has 0 saturated carbocycles. The molecule has 0 N–H and O–H groups in total. The lowest BCUT2D eigenvalue weighted by atomic mass is 9.76. The third-order valence-corrected chi connectivity index (χ3v) is 10.00. The quantitative estimate of drug-likeness (QED) is 0.185. The van der Waals surface area contributed by atoms with Gasteiger partial charge in [0.1, 0.15) is 0 Å². The second kappa shape index (κ2) is 11.4. The fourth-order valence-corrected chi connectivity index (χ4v) is 8.00. The van der Waals surface area contributed by atoms with Gasteiger partial charge in [-0.3, -0.25) is 0 Å². The minimum absolute atomic E-state index is 1.22. The van der Waals surface area contributed by atoms with Crippen molar-refractivity contribution in [2.24, 2.45) is 0 Å². The maximum absolute atomic E-state index is 2.27. The summed E-state index contributed by atoms with van der Waals surface area (Å²) in [5.74, 6) is 0. The van der Waals surface area contributed by atoms with Crippen molar-refractivity contribution in [2.45, 2.75) is 13.8 Å². The predicted molar refractivity (Wildman–Crippen MR) is 184 cm³/mol. The summed E-state index contributed by atoms with van der Waals surface area (Å²) in [6.07, 6.45) is 0. The average Bonchev–Trinajstić information content (AvgIpc) is 3.68. The largest absolute Gasteiger partial charge is 0.144 e. The highest BCUT2D eigenvalue weighted by Gasteiger charge is 2.30. The molecular formula is C40H30S2. The van der Waals surface area contributed by atoms with E-state index >= 15 is 0 Å². The first-order chi connectivity index (χ1) is 20.7. The van der Waals surface area contributed by atoms with Gasteiger partial charge in [-0.1, -0.05) is 121 Å². The summed E-state index contributed by atoms with van der Waals surface area (Å²) in [4.78, 5) is 2.65. The average molecular weight is 575 g/mol. The van der Waals surface area contributed by atoms with Crippen molar-refractivity contribution in [3.05, 3.63) is 155 Å². The molecule has 5 aromatic carbocycles. The third kappa shape index (κ3) is 4.63. The maximum Gasteiger partial charge on any atom is 0.0385 e. The Hall–Kier alpha value is -4.50. The number of thiophene rings is 2. The summed E-state index contributed by atoms with van der Waals surface area (Å²) >= 11 is 3.69. The lowest BCUT2D eigenvalue weighted by Gasteiger charge is -2.28. The van der Waals surface area contributed by atoms with Crippen LogP contribution in [0, 0.1) is 13.8 Å². The van der Waals surface area contributed by atoms with Gasteiger partial charge in [0.25, 0.3) is 0 Å². The lowest BCUT2D eigenvalue weighted by Crippen LogP contribution is -2.01. The Morgan fingerprint density at radius 3 is 0.810 bits per heavy atom. The van der Waals surface area contributed by atoms with E-state index in [-0.39, 0.29) is 0 Å². The van der Waals surface area contributed by atoms with E-state index in [0.717, 1.165) is 0 Å². The Kier molecular flexibility index (Phi) is 7.17. The van der Waals surface area contributed by atoms with Crippen LogP contribution in [0.15, 0.2) is 144 Å². The van der Waals surface area contributed by atoms with Gasteiger partial charge >= 0.3 is 0 Å². The van der Waals surface area contributed by atoms with Gasteiger partial charge in [0, 0.05) is 20.9 Å². The summed E-state index contributed by atoms with van der Waals surface area (Å²) in [6.45, 7) is 4.50. The van der Waals surface area contributed by atoms with E-state index in [1.165, 1.54) is 76.5 Å². The van der Waals surface area contributed by atoms with Gasteiger partial charge in [-0.25, -0.2) is 0 Å². The van der Waals surface area contributed by atoms with Gasteiger partial charge in [-0.15, -0.1) is 22.7 Å². The summed E-state index contributed by atoms with van der Waals surface area (Å²) in [7, 11) is 0. The van der Waals surface area contributed by atoms with Crippen molar-refractivity contribution >= 4 is 22.7 Å². The molecule has 0 saturated heterocycles. The van der Waals surface area contributed by atoms with E-state index in [1.54, 1.807) is 0 Å². The van der Waals surface area contributed by atoms with Crippen LogP contribution < -0.4 is 0 Å². The van der Waals surface area contributed by atoms with Gasteiger partial charge in [0.05, 0.1) is 0 Å². The number of benzene rings is 5. The van der Waals surface area contributed by atoms with E-state index < -0.39 is 0 Å². The van der Waals surface area contributed by atoms with Crippen molar-refractivity contribution in [1.82, 2.24) is 0 Å². The Morgan fingerprint density at radius 1 is 0.310 bits per heavy atom. The molecule has 0 amide bonds. The fraction of sp³-hybridized carbons (Fsp3) is 0.0500. The first kappa shape index (κ1) is 26.4. The minimum Gasteiger partial charge on any atom is -0.144 e. The molecule has 0 fully saturated rings. The zero-order chi connectivity index (χ0) is 28.5. The molecule has 0 aliphatic heterocycles. The summed E-state index contributed by atoms with van der Waals surface area (Å²) in [5, 5.41) is 4.47. The standard InChI is InChI=1S/C40H30S2/c1-27-23-25-41-39(27)37-35(31-19-11-5-12-20-31)33(29-15-7-3-8-16-29)34(30-17-9-4-10-18-30)36(32-21-13-6-14-22-32)38(37)40-28(2)24-26-42-40/h3-26H,1-2H3. The zero-order valence-electron chi connectivity index (χ0n) is 23.7. The van der Waals surface area contributed by atoms with Crippen molar-refractivity contribution < 1.29 is 0 Å². The van der Waals surface area contributed by atoms with E-state index in [0.29, 0.717) is 0 Å². The number of rotatable bonds is 6. The van der Waals surface area contributed by atoms with Crippen LogP contribution in [0.1, 0.15) is 11.1 Å². The summed E-state index contributed by atoms with van der Waals surface area (Å²) in [5.41, 5.74) is 15.2. The molecule has 0 unspecified atom stereocenters. The molecule has 0 atom stereocenters. The Labute approximate surface area is 256 Å². The molecule has 2 heterocycles. The molecule has 42 heavy (non-hydrogen) atoms. The van der Waals surface area contributed by atoms with Crippen molar-refractivity contribution in [3.63, 3.8) is 0 Å². The van der Waals surface area contributed by atoms with Crippen LogP contribution in [0.5, 0.6) is 0 Å². The molecule has 0 nitrogen and oxygen atoms in total. The van der Waals surface area contributed by atoms with Crippen molar-refractivity contribution in [2.75, 3.05) is 0 Å². The molecule has 0 spiro atoms. The predicted octanol–water partition coefficient (Wildman–Crippen LogP) is 12.4. The Bertz CT molecular complexity index is 1820. The van der Waals surface area contributed by atoms with Gasteiger partial charge in [0.15, 0.2) is 0 Å².